The fraction of sp³-hybridized carbons (Fsp3) is 0.500. The van der Waals surface area contributed by atoms with E-state index in [1.54, 1.807) is 11.9 Å². The largest absolute Gasteiger partial charge is 0.494 e. The maximum absolute atomic E-state index is 12.0. The number of nitrogens with zero attached hydrogens (tertiary/aromatic N) is 1. The van der Waals surface area contributed by atoms with Crippen molar-refractivity contribution in [3.05, 3.63) is 29.8 Å². The lowest BCUT2D eigenvalue weighted by Gasteiger charge is -2.30. The van der Waals surface area contributed by atoms with Crippen LogP contribution in [0.25, 0.3) is 0 Å². The number of aliphatic carboxylic acids is 1. The van der Waals surface area contributed by atoms with Crippen molar-refractivity contribution in [2.24, 2.45) is 5.92 Å². The Morgan fingerprint density at radius 3 is 2.62 bits per heavy atom. The van der Waals surface area contributed by atoms with E-state index in [1.807, 2.05) is 31.2 Å². The van der Waals surface area contributed by atoms with Crippen LogP contribution in [0.3, 0.4) is 0 Å². The van der Waals surface area contributed by atoms with Gasteiger partial charge in [-0.1, -0.05) is 12.1 Å². The summed E-state index contributed by atoms with van der Waals surface area (Å²) >= 11 is 0. The molecule has 0 saturated carbocycles. The molecule has 1 heterocycles. The van der Waals surface area contributed by atoms with E-state index >= 15 is 0 Å². The van der Waals surface area contributed by atoms with Gasteiger partial charge in [-0.25, -0.2) is 0 Å². The molecule has 0 spiro atoms. The highest BCUT2D eigenvalue weighted by Crippen LogP contribution is 2.35. The Balaban J connectivity index is 2.33. The van der Waals surface area contributed by atoms with Crippen LogP contribution in [0.1, 0.15) is 37.8 Å². The van der Waals surface area contributed by atoms with Crippen LogP contribution < -0.4 is 4.74 Å². The first-order valence-electron chi connectivity index (χ1n) is 7.25. The molecule has 1 aromatic carbocycles. The number of carboxylic acids is 1. The molecule has 1 fully saturated rings. The molecule has 2 unspecified atom stereocenters. The summed E-state index contributed by atoms with van der Waals surface area (Å²) in [6.45, 7) is 2.49. The van der Waals surface area contributed by atoms with E-state index in [9.17, 15) is 14.7 Å². The fourth-order valence-electron chi connectivity index (χ4n) is 2.87. The first-order valence-corrected chi connectivity index (χ1v) is 7.25. The number of ether oxygens (including phenoxy) is 1. The zero-order valence-electron chi connectivity index (χ0n) is 12.4. The minimum atomic E-state index is -0.851. The van der Waals surface area contributed by atoms with Crippen LogP contribution in [0.2, 0.25) is 0 Å². The first kappa shape index (κ1) is 15.4. The molecule has 0 aliphatic carbocycles. The Bertz CT molecular complexity index is 512. The summed E-state index contributed by atoms with van der Waals surface area (Å²) in [7, 11) is 1.69. The van der Waals surface area contributed by atoms with Crippen LogP contribution in [0.15, 0.2) is 24.3 Å². The summed E-state index contributed by atoms with van der Waals surface area (Å²) in [5, 5.41) is 9.48. The molecular formula is C16H21NO4. The SMILES string of the molecule is CCOc1ccc(C2C(C(=O)O)CCCC(=O)N2C)cc1. The summed E-state index contributed by atoms with van der Waals surface area (Å²) in [5.41, 5.74) is 0.837. The predicted molar refractivity (Wildman–Crippen MR) is 78.1 cm³/mol. The van der Waals surface area contributed by atoms with Crippen molar-refractivity contribution in [1.82, 2.24) is 4.90 Å². The first-order chi connectivity index (χ1) is 10.0. The average molecular weight is 291 g/mol. The molecule has 1 N–H and O–H groups in total. The summed E-state index contributed by atoms with van der Waals surface area (Å²) in [5.74, 6) is -0.678. The lowest BCUT2D eigenvalue weighted by atomic mass is 9.89. The van der Waals surface area contributed by atoms with Gasteiger partial charge in [0.1, 0.15) is 5.75 Å². The zero-order valence-corrected chi connectivity index (χ0v) is 12.4. The van der Waals surface area contributed by atoms with Crippen LogP contribution in [-0.4, -0.2) is 35.5 Å². The molecule has 1 aromatic rings. The van der Waals surface area contributed by atoms with Gasteiger partial charge in [0.05, 0.1) is 18.6 Å². The van der Waals surface area contributed by atoms with Gasteiger partial charge in [-0.15, -0.1) is 0 Å². The van der Waals surface area contributed by atoms with Gasteiger partial charge in [0.2, 0.25) is 5.91 Å². The van der Waals surface area contributed by atoms with Gasteiger partial charge in [0.25, 0.3) is 0 Å². The van der Waals surface area contributed by atoms with E-state index in [4.69, 9.17) is 4.74 Å². The van der Waals surface area contributed by atoms with Crippen LogP contribution in [0, 0.1) is 5.92 Å². The Kier molecular flexibility index (Phi) is 4.83. The highest BCUT2D eigenvalue weighted by atomic mass is 16.5. The second-order valence-corrected chi connectivity index (χ2v) is 5.29. The van der Waals surface area contributed by atoms with E-state index in [0.717, 1.165) is 11.3 Å². The topological polar surface area (TPSA) is 66.8 Å². The maximum atomic E-state index is 12.0. The van der Waals surface area contributed by atoms with Gasteiger partial charge >= 0.3 is 5.97 Å². The van der Waals surface area contributed by atoms with Crippen molar-refractivity contribution in [2.45, 2.75) is 32.2 Å². The normalized spacial score (nSPS) is 22.8. The molecule has 21 heavy (non-hydrogen) atoms. The van der Waals surface area contributed by atoms with Crippen LogP contribution in [-0.2, 0) is 9.59 Å². The molecule has 2 atom stereocenters. The Hall–Kier alpha value is -2.04. The summed E-state index contributed by atoms with van der Waals surface area (Å²) < 4.78 is 5.40. The van der Waals surface area contributed by atoms with Gasteiger partial charge < -0.3 is 14.7 Å². The van der Waals surface area contributed by atoms with Crippen LogP contribution in [0.4, 0.5) is 0 Å². The third-order valence-corrected chi connectivity index (χ3v) is 3.95. The number of benzene rings is 1. The number of amides is 1. The molecule has 114 valence electrons. The quantitative estimate of drug-likeness (QED) is 0.925. The average Bonchev–Trinajstić information content (AvgIpc) is 2.61. The minimum absolute atomic E-state index is 0.00219. The Morgan fingerprint density at radius 1 is 1.38 bits per heavy atom. The van der Waals surface area contributed by atoms with Crippen molar-refractivity contribution in [3.63, 3.8) is 0 Å². The highest BCUT2D eigenvalue weighted by molar-refractivity contribution is 5.79. The Morgan fingerprint density at radius 2 is 2.05 bits per heavy atom. The van der Waals surface area contributed by atoms with Crippen molar-refractivity contribution >= 4 is 11.9 Å². The number of carbonyl (C=O) groups excluding carboxylic acids is 1. The number of likely N-dealkylation sites (tertiary alicyclic amines) is 1. The molecule has 1 saturated heterocycles. The lowest BCUT2D eigenvalue weighted by molar-refractivity contribution is -0.145. The van der Waals surface area contributed by atoms with Crippen LogP contribution in [0.5, 0.6) is 5.75 Å². The third-order valence-electron chi connectivity index (χ3n) is 3.95. The number of carbonyl (C=O) groups is 2. The van der Waals surface area contributed by atoms with E-state index in [1.165, 1.54) is 0 Å². The van der Waals surface area contributed by atoms with Crippen molar-refractivity contribution in [1.29, 1.82) is 0 Å². The molecule has 5 nitrogen and oxygen atoms in total. The highest BCUT2D eigenvalue weighted by Gasteiger charge is 2.36. The fourth-order valence-corrected chi connectivity index (χ4v) is 2.87. The van der Waals surface area contributed by atoms with Gasteiger partial charge in [-0.05, 0) is 37.5 Å². The molecule has 0 aromatic heterocycles. The van der Waals surface area contributed by atoms with Gasteiger partial charge in [0.15, 0.2) is 0 Å². The second kappa shape index (κ2) is 6.61. The third kappa shape index (κ3) is 3.35. The monoisotopic (exact) mass is 291 g/mol. The van der Waals surface area contributed by atoms with E-state index in [-0.39, 0.29) is 5.91 Å². The molecule has 5 heteroatoms. The second-order valence-electron chi connectivity index (χ2n) is 5.29. The van der Waals surface area contributed by atoms with Crippen molar-refractivity contribution in [2.75, 3.05) is 13.7 Å². The van der Waals surface area contributed by atoms with E-state index in [0.29, 0.717) is 25.9 Å². The number of hydrogen-bond donors (Lipinski definition) is 1. The lowest BCUT2D eigenvalue weighted by Crippen LogP contribution is -2.36. The molecule has 2 rings (SSSR count). The summed E-state index contributed by atoms with van der Waals surface area (Å²) in [6.07, 6.45) is 1.55. The summed E-state index contributed by atoms with van der Waals surface area (Å²) in [6, 6.07) is 6.91. The van der Waals surface area contributed by atoms with Crippen molar-refractivity contribution < 1.29 is 19.4 Å². The predicted octanol–water partition coefficient (Wildman–Crippen LogP) is 2.47. The number of rotatable bonds is 4. The zero-order chi connectivity index (χ0) is 15.4. The number of carboxylic acid groups (broad SMARTS) is 1. The standard InChI is InChI=1S/C16H21NO4/c1-3-21-12-9-7-11(8-10-12)15-13(16(19)20)5-4-6-14(18)17(15)2/h7-10,13,15H,3-6H2,1-2H3,(H,19,20). The van der Waals surface area contributed by atoms with E-state index in [2.05, 4.69) is 0 Å². The molecule has 0 bridgehead atoms. The molecular weight excluding hydrogens is 270 g/mol. The molecule has 1 amide bonds. The van der Waals surface area contributed by atoms with Gasteiger partial charge in [-0.3, -0.25) is 9.59 Å². The van der Waals surface area contributed by atoms with Gasteiger partial charge in [0, 0.05) is 13.5 Å². The number of hydrogen-bond acceptors (Lipinski definition) is 3. The molecule has 1 aliphatic rings. The Labute approximate surface area is 124 Å². The van der Waals surface area contributed by atoms with Crippen LogP contribution >= 0.6 is 0 Å². The summed E-state index contributed by atoms with van der Waals surface area (Å²) in [4.78, 5) is 25.2. The molecule has 1 aliphatic heterocycles. The molecule has 0 radical (unpaired) electrons. The maximum Gasteiger partial charge on any atom is 0.308 e. The van der Waals surface area contributed by atoms with Gasteiger partial charge in [-0.2, -0.15) is 0 Å². The minimum Gasteiger partial charge on any atom is -0.494 e. The van der Waals surface area contributed by atoms with Crippen molar-refractivity contribution in [3.8, 4) is 5.75 Å². The van der Waals surface area contributed by atoms with E-state index < -0.39 is 17.9 Å². The smallest absolute Gasteiger partial charge is 0.308 e.